The first kappa shape index (κ1) is 16.0. The lowest BCUT2D eigenvalue weighted by atomic mass is 10.0. The first-order valence-corrected chi connectivity index (χ1v) is 7.18. The molecule has 1 unspecified atom stereocenters. The van der Waals surface area contributed by atoms with Crippen LogP contribution in [0.3, 0.4) is 0 Å². The van der Waals surface area contributed by atoms with E-state index in [4.69, 9.17) is 9.47 Å². The molecule has 0 radical (unpaired) electrons. The second-order valence-corrected chi connectivity index (χ2v) is 4.71. The van der Waals surface area contributed by atoms with Crippen LogP contribution in [0.1, 0.15) is 31.7 Å². The fraction of sp³-hybridized carbons (Fsp3) is 0.625. The Morgan fingerprint density at radius 1 is 1.16 bits per heavy atom. The van der Waals surface area contributed by atoms with E-state index in [1.54, 1.807) is 7.11 Å². The second-order valence-electron chi connectivity index (χ2n) is 4.71. The lowest BCUT2D eigenvalue weighted by Crippen LogP contribution is -2.26. The van der Waals surface area contributed by atoms with Crippen LogP contribution in [-0.2, 0) is 11.2 Å². The molecule has 0 fully saturated rings. The summed E-state index contributed by atoms with van der Waals surface area (Å²) in [5, 5.41) is 3.39. The third kappa shape index (κ3) is 6.60. The molecule has 1 atom stereocenters. The second kappa shape index (κ2) is 9.82. The predicted octanol–water partition coefficient (Wildman–Crippen LogP) is 3.03. The molecule has 0 spiro atoms. The summed E-state index contributed by atoms with van der Waals surface area (Å²) >= 11 is 0. The Bertz CT molecular complexity index is 324. The highest BCUT2D eigenvalue weighted by Crippen LogP contribution is 2.14. The van der Waals surface area contributed by atoms with Gasteiger partial charge in [0.05, 0.1) is 7.11 Å². The van der Waals surface area contributed by atoms with Crippen molar-refractivity contribution < 1.29 is 9.47 Å². The summed E-state index contributed by atoms with van der Waals surface area (Å²) in [5.41, 5.74) is 1.37. The summed E-state index contributed by atoms with van der Waals surface area (Å²) in [7, 11) is 3.74. The quantitative estimate of drug-likeness (QED) is 0.660. The predicted molar refractivity (Wildman–Crippen MR) is 79.9 cm³/mol. The van der Waals surface area contributed by atoms with Gasteiger partial charge >= 0.3 is 0 Å². The number of methoxy groups -OCH3 is 1. The van der Waals surface area contributed by atoms with Gasteiger partial charge in [0.15, 0.2) is 0 Å². The Kier molecular flexibility index (Phi) is 8.26. The largest absolute Gasteiger partial charge is 0.497 e. The summed E-state index contributed by atoms with van der Waals surface area (Å²) < 4.78 is 10.5. The zero-order valence-electron chi connectivity index (χ0n) is 12.4. The number of rotatable bonds is 10. The zero-order chi connectivity index (χ0) is 13.9. The Balaban J connectivity index is 2.27. The van der Waals surface area contributed by atoms with E-state index in [1.807, 2.05) is 26.1 Å². The molecule has 0 aliphatic heterocycles. The number of hydrogen-bond acceptors (Lipinski definition) is 3. The first-order chi connectivity index (χ1) is 9.30. The van der Waals surface area contributed by atoms with Gasteiger partial charge in [-0.1, -0.05) is 12.1 Å². The van der Waals surface area contributed by atoms with Gasteiger partial charge < -0.3 is 14.8 Å². The SMILES string of the molecule is CCOCCCC(CCc1ccc(OC)cc1)NC. The van der Waals surface area contributed by atoms with Crippen LogP contribution in [0.5, 0.6) is 5.75 Å². The highest BCUT2D eigenvalue weighted by atomic mass is 16.5. The minimum Gasteiger partial charge on any atom is -0.497 e. The van der Waals surface area contributed by atoms with E-state index in [0.717, 1.165) is 38.2 Å². The summed E-state index contributed by atoms with van der Waals surface area (Å²) in [6.45, 7) is 3.73. The lowest BCUT2D eigenvalue weighted by molar-refractivity contribution is 0.140. The van der Waals surface area contributed by atoms with Crippen molar-refractivity contribution >= 4 is 0 Å². The van der Waals surface area contributed by atoms with Crippen LogP contribution in [0.2, 0.25) is 0 Å². The first-order valence-electron chi connectivity index (χ1n) is 7.18. The zero-order valence-corrected chi connectivity index (χ0v) is 12.4. The average molecular weight is 265 g/mol. The number of aryl methyl sites for hydroxylation is 1. The summed E-state index contributed by atoms with van der Waals surface area (Å²) in [4.78, 5) is 0. The molecule has 19 heavy (non-hydrogen) atoms. The fourth-order valence-corrected chi connectivity index (χ4v) is 2.14. The fourth-order valence-electron chi connectivity index (χ4n) is 2.14. The van der Waals surface area contributed by atoms with Crippen molar-refractivity contribution in [3.05, 3.63) is 29.8 Å². The third-order valence-corrected chi connectivity index (χ3v) is 3.39. The molecule has 0 saturated heterocycles. The van der Waals surface area contributed by atoms with E-state index in [1.165, 1.54) is 12.0 Å². The van der Waals surface area contributed by atoms with Crippen LogP contribution in [0.25, 0.3) is 0 Å². The van der Waals surface area contributed by atoms with Crippen LogP contribution in [0.4, 0.5) is 0 Å². The standard InChI is InChI=1S/C16H27NO2/c1-4-19-13-5-6-15(17-2)10-7-14-8-11-16(18-3)12-9-14/h8-9,11-12,15,17H,4-7,10,13H2,1-3H3. The summed E-state index contributed by atoms with van der Waals surface area (Å²) in [6, 6.07) is 8.91. The molecular weight excluding hydrogens is 238 g/mol. The molecule has 1 N–H and O–H groups in total. The van der Waals surface area contributed by atoms with E-state index >= 15 is 0 Å². The molecule has 1 aromatic carbocycles. The van der Waals surface area contributed by atoms with Gasteiger partial charge in [-0.2, -0.15) is 0 Å². The maximum Gasteiger partial charge on any atom is 0.118 e. The Morgan fingerprint density at radius 2 is 1.89 bits per heavy atom. The molecule has 1 rings (SSSR count). The van der Waals surface area contributed by atoms with Crippen LogP contribution in [-0.4, -0.2) is 33.4 Å². The van der Waals surface area contributed by atoms with Gasteiger partial charge in [-0.05, 0) is 57.4 Å². The molecule has 0 aliphatic carbocycles. The molecule has 0 heterocycles. The van der Waals surface area contributed by atoms with Crippen LogP contribution < -0.4 is 10.1 Å². The summed E-state index contributed by atoms with van der Waals surface area (Å²) in [5.74, 6) is 0.922. The van der Waals surface area contributed by atoms with E-state index in [0.29, 0.717) is 6.04 Å². The molecule has 108 valence electrons. The van der Waals surface area contributed by atoms with E-state index in [-0.39, 0.29) is 0 Å². The van der Waals surface area contributed by atoms with Gasteiger partial charge in [0.1, 0.15) is 5.75 Å². The monoisotopic (exact) mass is 265 g/mol. The van der Waals surface area contributed by atoms with E-state index < -0.39 is 0 Å². The number of nitrogens with one attached hydrogen (secondary N) is 1. The Hall–Kier alpha value is -1.06. The van der Waals surface area contributed by atoms with Gasteiger partial charge in [-0.25, -0.2) is 0 Å². The topological polar surface area (TPSA) is 30.5 Å². The van der Waals surface area contributed by atoms with Gasteiger partial charge in [0.25, 0.3) is 0 Å². The average Bonchev–Trinajstić information content (AvgIpc) is 2.47. The highest BCUT2D eigenvalue weighted by Gasteiger charge is 2.06. The summed E-state index contributed by atoms with van der Waals surface area (Å²) in [6.07, 6.45) is 4.56. The normalized spacial score (nSPS) is 12.4. The molecule has 0 bridgehead atoms. The van der Waals surface area contributed by atoms with Crippen LogP contribution in [0, 0.1) is 0 Å². The molecule has 0 aliphatic rings. The van der Waals surface area contributed by atoms with E-state index in [2.05, 4.69) is 17.4 Å². The molecule has 1 aromatic rings. The Morgan fingerprint density at radius 3 is 2.47 bits per heavy atom. The number of hydrogen-bond donors (Lipinski definition) is 1. The highest BCUT2D eigenvalue weighted by molar-refractivity contribution is 5.27. The molecular formula is C16H27NO2. The van der Waals surface area contributed by atoms with Gasteiger partial charge in [0.2, 0.25) is 0 Å². The number of benzene rings is 1. The van der Waals surface area contributed by atoms with Crippen molar-refractivity contribution in [3.63, 3.8) is 0 Å². The Labute approximate surface area is 117 Å². The van der Waals surface area contributed by atoms with E-state index in [9.17, 15) is 0 Å². The minimum absolute atomic E-state index is 0.572. The van der Waals surface area contributed by atoms with Crippen molar-refractivity contribution in [2.45, 2.75) is 38.6 Å². The maximum atomic E-state index is 5.38. The molecule has 3 heteroatoms. The van der Waals surface area contributed by atoms with Crippen molar-refractivity contribution in [1.82, 2.24) is 5.32 Å². The molecule has 0 amide bonds. The van der Waals surface area contributed by atoms with Crippen LogP contribution >= 0.6 is 0 Å². The molecule has 3 nitrogen and oxygen atoms in total. The van der Waals surface area contributed by atoms with Gasteiger partial charge in [0, 0.05) is 19.3 Å². The van der Waals surface area contributed by atoms with Crippen LogP contribution in [0.15, 0.2) is 24.3 Å². The van der Waals surface area contributed by atoms with Crippen molar-refractivity contribution in [3.8, 4) is 5.75 Å². The maximum absolute atomic E-state index is 5.38. The van der Waals surface area contributed by atoms with Crippen molar-refractivity contribution in [2.24, 2.45) is 0 Å². The smallest absolute Gasteiger partial charge is 0.118 e. The van der Waals surface area contributed by atoms with Gasteiger partial charge in [-0.3, -0.25) is 0 Å². The molecule has 0 aromatic heterocycles. The lowest BCUT2D eigenvalue weighted by Gasteiger charge is -2.16. The molecule has 0 saturated carbocycles. The van der Waals surface area contributed by atoms with Crippen molar-refractivity contribution in [1.29, 1.82) is 0 Å². The third-order valence-electron chi connectivity index (χ3n) is 3.39. The van der Waals surface area contributed by atoms with Crippen molar-refractivity contribution in [2.75, 3.05) is 27.4 Å². The minimum atomic E-state index is 0.572. The van der Waals surface area contributed by atoms with Gasteiger partial charge in [-0.15, -0.1) is 0 Å². The number of ether oxygens (including phenoxy) is 2.